The predicted molar refractivity (Wildman–Crippen MR) is 89.0 cm³/mol. The summed E-state index contributed by atoms with van der Waals surface area (Å²) in [5, 5.41) is 0. The molecule has 0 atom stereocenters. The lowest BCUT2D eigenvalue weighted by Gasteiger charge is -2.27. The molecule has 1 aromatic carbocycles. The number of hydrogen-bond acceptors (Lipinski definition) is 2. The second-order valence-electron chi connectivity index (χ2n) is 4.72. The quantitative estimate of drug-likeness (QED) is 0.358. The Hall–Kier alpha value is -0.960. The Morgan fingerprint density at radius 3 is 2.43 bits per heavy atom. The van der Waals surface area contributed by atoms with E-state index in [1.165, 1.54) is 12.1 Å². The van der Waals surface area contributed by atoms with Gasteiger partial charge >= 0.3 is 0 Å². The van der Waals surface area contributed by atoms with Gasteiger partial charge in [0.05, 0.1) is 13.2 Å². The zero-order valence-corrected chi connectivity index (χ0v) is 14.1. The monoisotopic (exact) mass is 411 g/mol. The van der Waals surface area contributed by atoms with Crippen molar-refractivity contribution >= 4 is 29.9 Å². The van der Waals surface area contributed by atoms with Gasteiger partial charge in [0.2, 0.25) is 0 Å². The number of halogens is 3. The number of guanidine groups is 1. The molecule has 0 saturated carbocycles. The van der Waals surface area contributed by atoms with Gasteiger partial charge in [0.25, 0.3) is 0 Å². The maximum Gasteiger partial charge on any atom is 0.191 e. The van der Waals surface area contributed by atoms with Crippen LogP contribution >= 0.6 is 24.0 Å². The molecule has 1 heterocycles. The van der Waals surface area contributed by atoms with Crippen molar-refractivity contribution in [1.29, 1.82) is 0 Å². The van der Waals surface area contributed by atoms with Gasteiger partial charge in [-0.1, -0.05) is 0 Å². The van der Waals surface area contributed by atoms with Crippen LogP contribution in [0, 0.1) is 11.6 Å². The predicted octanol–water partition coefficient (Wildman–Crippen LogP) is 2.16. The molecule has 118 valence electrons. The second-order valence-corrected chi connectivity index (χ2v) is 4.72. The molecule has 0 radical (unpaired) electrons. The Kier molecular flexibility index (Phi) is 7.87. The summed E-state index contributed by atoms with van der Waals surface area (Å²) < 4.78 is 31.2. The Bertz CT molecular complexity index is 459. The molecule has 2 rings (SSSR count). The van der Waals surface area contributed by atoms with E-state index in [1.54, 1.807) is 0 Å². The fraction of sp³-hybridized carbons (Fsp3) is 0.500. The van der Waals surface area contributed by atoms with Crippen LogP contribution in [0.25, 0.3) is 0 Å². The van der Waals surface area contributed by atoms with E-state index < -0.39 is 11.6 Å². The smallest absolute Gasteiger partial charge is 0.191 e. The minimum absolute atomic E-state index is 0. The van der Waals surface area contributed by atoms with Gasteiger partial charge in [-0.2, -0.15) is 0 Å². The highest BCUT2D eigenvalue weighted by Gasteiger charge is 2.11. The van der Waals surface area contributed by atoms with Crippen molar-refractivity contribution in [2.75, 3.05) is 32.8 Å². The molecule has 1 aliphatic rings. The number of aliphatic imine (C=N–C) groups is 1. The number of morpholine rings is 1. The van der Waals surface area contributed by atoms with Gasteiger partial charge in [0.1, 0.15) is 11.6 Å². The molecule has 4 nitrogen and oxygen atoms in total. The molecule has 2 N–H and O–H groups in total. The molecule has 7 heteroatoms. The molecule has 1 fully saturated rings. The first kappa shape index (κ1) is 18.1. The normalized spacial score (nSPS) is 15.7. The molecular formula is C14H20F2IN3O. The Morgan fingerprint density at radius 1 is 1.19 bits per heavy atom. The molecule has 1 aromatic rings. The van der Waals surface area contributed by atoms with Crippen LogP contribution in [0.15, 0.2) is 23.2 Å². The van der Waals surface area contributed by atoms with Crippen LogP contribution in [0.1, 0.15) is 12.0 Å². The summed E-state index contributed by atoms with van der Waals surface area (Å²) in [6, 6.07) is 3.56. The highest BCUT2D eigenvalue weighted by Crippen LogP contribution is 2.10. The average Bonchev–Trinajstić information content (AvgIpc) is 2.43. The summed E-state index contributed by atoms with van der Waals surface area (Å²) in [6.45, 7) is 3.38. The highest BCUT2D eigenvalue weighted by atomic mass is 127. The summed E-state index contributed by atoms with van der Waals surface area (Å²) in [4.78, 5) is 6.26. The first-order valence-electron chi connectivity index (χ1n) is 6.73. The van der Waals surface area contributed by atoms with E-state index in [0.717, 1.165) is 19.2 Å². The van der Waals surface area contributed by atoms with E-state index in [1.807, 2.05) is 4.90 Å². The Balaban J connectivity index is 0.00000220. The third-order valence-electron chi connectivity index (χ3n) is 3.15. The fourth-order valence-corrected chi connectivity index (χ4v) is 2.12. The molecule has 0 spiro atoms. The van der Waals surface area contributed by atoms with E-state index in [9.17, 15) is 8.78 Å². The van der Waals surface area contributed by atoms with E-state index in [2.05, 4.69) is 4.99 Å². The van der Waals surface area contributed by atoms with Gasteiger partial charge in [0.15, 0.2) is 5.96 Å². The molecule has 0 unspecified atom stereocenters. The number of nitrogens with two attached hydrogens (primary N) is 1. The van der Waals surface area contributed by atoms with Crippen molar-refractivity contribution in [3.63, 3.8) is 0 Å². The minimum atomic E-state index is -0.545. The number of ether oxygens (including phenoxy) is 1. The van der Waals surface area contributed by atoms with Crippen LogP contribution in [0.3, 0.4) is 0 Å². The summed E-state index contributed by atoms with van der Waals surface area (Å²) in [6.07, 6.45) is 1.28. The second kappa shape index (κ2) is 9.14. The zero-order valence-electron chi connectivity index (χ0n) is 11.7. The van der Waals surface area contributed by atoms with Crippen LogP contribution in [-0.4, -0.2) is 43.7 Å². The fourth-order valence-electron chi connectivity index (χ4n) is 2.12. The van der Waals surface area contributed by atoms with Gasteiger partial charge in [0, 0.05) is 25.7 Å². The van der Waals surface area contributed by atoms with Crippen molar-refractivity contribution in [3.05, 3.63) is 35.4 Å². The minimum Gasteiger partial charge on any atom is -0.378 e. The molecular weight excluding hydrogens is 391 g/mol. The van der Waals surface area contributed by atoms with Crippen molar-refractivity contribution in [2.24, 2.45) is 10.7 Å². The molecule has 0 aliphatic carbocycles. The van der Waals surface area contributed by atoms with Crippen LogP contribution in [0.2, 0.25) is 0 Å². The molecule has 21 heavy (non-hydrogen) atoms. The summed E-state index contributed by atoms with van der Waals surface area (Å²) in [7, 11) is 0. The maximum absolute atomic E-state index is 13.0. The molecule has 1 aliphatic heterocycles. The van der Waals surface area contributed by atoms with Crippen molar-refractivity contribution in [2.45, 2.75) is 12.8 Å². The van der Waals surface area contributed by atoms with Gasteiger partial charge in [-0.15, -0.1) is 24.0 Å². The molecule has 0 amide bonds. The van der Waals surface area contributed by atoms with Crippen LogP contribution < -0.4 is 5.73 Å². The first-order valence-corrected chi connectivity index (χ1v) is 6.73. The van der Waals surface area contributed by atoms with Crippen LogP contribution in [0.5, 0.6) is 0 Å². The van der Waals surface area contributed by atoms with E-state index in [0.29, 0.717) is 44.1 Å². The number of aryl methyl sites for hydroxylation is 1. The highest BCUT2D eigenvalue weighted by molar-refractivity contribution is 14.0. The number of rotatable bonds is 4. The summed E-state index contributed by atoms with van der Waals surface area (Å²) in [5.41, 5.74) is 6.52. The van der Waals surface area contributed by atoms with E-state index in [4.69, 9.17) is 10.5 Å². The SMILES string of the molecule is I.NC(=NCCCc1cc(F)cc(F)c1)N1CCOCC1. The lowest BCUT2D eigenvalue weighted by molar-refractivity contribution is 0.0674. The topological polar surface area (TPSA) is 50.8 Å². The summed E-state index contributed by atoms with van der Waals surface area (Å²) in [5.74, 6) is -0.577. The number of hydrogen-bond donors (Lipinski definition) is 1. The van der Waals surface area contributed by atoms with E-state index in [-0.39, 0.29) is 24.0 Å². The maximum atomic E-state index is 13.0. The lowest BCUT2D eigenvalue weighted by atomic mass is 10.1. The van der Waals surface area contributed by atoms with Crippen molar-refractivity contribution < 1.29 is 13.5 Å². The Morgan fingerprint density at radius 2 is 1.81 bits per heavy atom. The third-order valence-corrected chi connectivity index (χ3v) is 3.15. The lowest BCUT2D eigenvalue weighted by Crippen LogP contribution is -2.44. The van der Waals surface area contributed by atoms with Gasteiger partial charge in [-0.25, -0.2) is 8.78 Å². The van der Waals surface area contributed by atoms with Gasteiger partial charge in [-0.3, -0.25) is 4.99 Å². The Labute approximate surface area is 140 Å². The van der Waals surface area contributed by atoms with Crippen LogP contribution in [-0.2, 0) is 11.2 Å². The van der Waals surface area contributed by atoms with Gasteiger partial charge < -0.3 is 15.4 Å². The van der Waals surface area contributed by atoms with Crippen LogP contribution in [0.4, 0.5) is 8.78 Å². The summed E-state index contributed by atoms with van der Waals surface area (Å²) >= 11 is 0. The average molecular weight is 411 g/mol. The van der Waals surface area contributed by atoms with E-state index >= 15 is 0 Å². The first-order chi connectivity index (χ1) is 9.65. The zero-order chi connectivity index (χ0) is 14.4. The molecule has 0 aromatic heterocycles. The standard InChI is InChI=1S/C14H19F2N3O.HI/c15-12-8-11(9-13(16)10-12)2-1-3-18-14(17)19-4-6-20-7-5-19;/h8-10H,1-7H2,(H2,17,18);1H. The largest absolute Gasteiger partial charge is 0.378 e. The third kappa shape index (κ3) is 6.13. The number of benzene rings is 1. The molecule has 0 bridgehead atoms. The van der Waals surface area contributed by atoms with Crippen molar-refractivity contribution in [1.82, 2.24) is 4.90 Å². The molecule has 1 saturated heterocycles. The van der Waals surface area contributed by atoms with Gasteiger partial charge in [-0.05, 0) is 30.5 Å². The van der Waals surface area contributed by atoms with Crippen molar-refractivity contribution in [3.8, 4) is 0 Å². The number of nitrogens with zero attached hydrogens (tertiary/aromatic N) is 2.